The Morgan fingerprint density at radius 2 is 1.64 bits per heavy atom. The first-order valence-electron chi connectivity index (χ1n) is 8.18. The number of ether oxygens (including phenoxy) is 1. The van der Waals surface area contributed by atoms with Gasteiger partial charge in [0.15, 0.2) is 5.03 Å². The summed E-state index contributed by atoms with van der Waals surface area (Å²) >= 11 is 1.19. The van der Waals surface area contributed by atoms with Crippen molar-refractivity contribution in [1.82, 2.24) is 15.0 Å². The lowest BCUT2D eigenvalue weighted by Crippen LogP contribution is -2.15. The molecule has 0 aliphatic carbocycles. The van der Waals surface area contributed by atoms with Gasteiger partial charge in [-0.2, -0.15) is 13.4 Å². The van der Waals surface area contributed by atoms with E-state index in [1.54, 1.807) is 18.2 Å². The second-order valence-corrected chi connectivity index (χ2v) is 7.98. The summed E-state index contributed by atoms with van der Waals surface area (Å²) in [7, 11) is -3.89. The third-order valence-electron chi connectivity index (χ3n) is 3.65. The average molecular weight is 410 g/mol. The molecule has 2 aromatic carbocycles. The topological polar surface area (TPSA) is 94.1 Å². The summed E-state index contributed by atoms with van der Waals surface area (Å²) in [5.41, 5.74) is 2.77. The smallest absolute Gasteiger partial charge is 0.282 e. The molecule has 0 unspecified atom stereocenters. The fourth-order valence-corrected chi connectivity index (χ4v) is 4.18. The zero-order valence-corrected chi connectivity index (χ0v) is 16.0. The van der Waals surface area contributed by atoms with Gasteiger partial charge in [0.1, 0.15) is 5.75 Å². The fraction of sp³-hybridized carbons (Fsp3) is 0. The molecule has 4 rings (SSSR count). The zero-order valence-electron chi connectivity index (χ0n) is 14.4. The van der Waals surface area contributed by atoms with E-state index in [1.807, 2.05) is 48.5 Å². The van der Waals surface area contributed by atoms with Crippen molar-refractivity contribution in [2.75, 3.05) is 4.72 Å². The van der Waals surface area contributed by atoms with Gasteiger partial charge in [-0.25, -0.2) is 14.7 Å². The molecule has 140 valence electrons. The number of rotatable bonds is 6. The van der Waals surface area contributed by atoms with Crippen molar-refractivity contribution in [1.29, 1.82) is 0 Å². The van der Waals surface area contributed by atoms with Gasteiger partial charge in [0.25, 0.3) is 10.0 Å². The Hall–Kier alpha value is -3.30. The molecular weight excluding hydrogens is 396 g/mol. The van der Waals surface area contributed by atoms with Crippen LogP contribution in [0.4, 0.5) is 5.95 Å². The maximum absolute atomic E-state index is 12.5. The highest BCUT2D eigenvalue weighted by atomic mass is 32.2. The van der Waals surface area contributed by atoms with Crippen LogP contribution in [0.1, 0.15) is 0 Å². The van der Waals surface area contributed by atoms with Crippen molar-refractivity contribution in [2.24, 2.45) is 0 Å². The van der Waals surface area contributed by atoms with Crippen molar-refractivity contribution in [3.05, 3.63) is 77.6 Å². The van der Waals surface area contributed by atoms with Gasteiger partial charge in [0.2, 0.25) is 11.8 Å². The number of nitrogens with zero attached hydrogens (tertiary/aromatic N) is 3. The van der Waals surface area contributed by atoms with Crippen molar-refractivity contribution < 1.29 is 13.2 Å². The van der Waals surface area contributed by atoms with Crippen LogP contribution in [0, 0.1) is 0 Å². The molecule has 7 nitrogen and oxygen atoms in total. The lowest BCUT2D eigenvalue weighted by atomic mass is 10.1. The number of benzene rings is 2. The van der Waals surface area contributed by atoms with Crippen LogP contribution in [-0.4, -0.2) is 23.4 Å². The first-order chi connectivity index (χ1) is 13.6. The largest absolute Gasteiger partial charge is 0.439 e. The predicted octanol–water partition coefficient (Wildman–Crippen LogP) is 4.19. The zero-order chi connectivity index (χ0) is 19.4. The van der Waals surface area contributed by atoms with Gasteiger partial charge in [-0.1, -0.05) is 48.5 Å². The molecule has 0 saturated carbocycles. The number of hydrogen-bond donors (Lipinski definition) is 1. The molecule has 9 heteroatoms. The summed E-state index contributed by atoms with van der Waals surface area (Å²) in [6, 6.07) is 20.1. The summed E-state index contributed by atoms with van der Waals surface area (Å²) in [5.74, 6) is 0.699. The predicted molar refractivity (Wildman–Crippen MR) is 107 cm³/mol. The van der Waals surface area contributed by atoms with Gasteiger partial charge in [-0.15, -0.1) is 11.3 Å². The van der Waals surface area contributed by atoms with E-state index < -0.39 is 10.0 Å². The van der Waals surface area contributed by atoms with Crippen molar-refractivity contribution in [3.63, 3.8) is 0 Å². The van der Waals surface area contributed by atoms with Crippen LogP contribution in [0.3, 0.4) is 0 Å². The Morgan fingerprint density at radius 1 is 0.929 bits per heavy atom. The molecule has 0 spiro atoms. The van der Waals surface area contributed by atoms with Crippen LogP contribution in [0.25, 0.3) is 11.3 Å². The SMILES string of the molecule is O=S(=O)(Nc1nc(Oc2ccccc2)cc(-c2ccccc2)n1)c1cscn1. The van der Waals surface area contributed by atoms with Gasteiger partial charge in [-0.3, -0.25) is 0 Å². The second-order valence-electron chi connectivity index (χ2n) is 5.63. The maximum atomic E-state index is 12.5. The minimum atomic E-state index is -3.89. The fourth-order valence-electron chi connectivity index (χ4n) is 2.40. The van der Waals surface area contributed by atoms with Gasteiger partial charge in [0, 0.05) is 17.0 Å². The molecule has 0 atom stereocenters. The molecule has 1 N–H and O–H groups in total. The third kappa shape index (κ3) is 4.16. The highest BCUT2D eigenvalue weighted by molar-refractivity contribution is 7.92. The van der Waals surface area contributed by atoms with Gasteiger partial charge >= 0.3 is 0 Å². The Balaban J connectivity index is 1.74. The summed E-state index contributed by atoms with van der Waals surface area (Å²) in [5, 5.41) is 1.35. The lowest BCUT2D eigenvalue weighted by molar-refractivity contribution is 0.463. The molecule has 0 saturated heterocycles. The molecular formula is C19H14N4O3S2. The molecule has 0 radical (unpaired) electrons. The molecule has 0 bridgehead atoms. The van der Waals surface area contributed by atoms with E-state index in [-0.39, 0.29) is 16.9 Å². The third-order valence-corrected chi connectivity index (χ3v) is 5.61. The van der Waals surface area contributed by atoms with E-state index in [1.165, 1.54) is 22.2 Å². The standard InChI is InChI=1S/C19H14N4O3S2/c24-28(25,18-12-27-13-20-18)23-19-21-16(14-7-3-1-4-8-14)11-17(22-19)26-15-9-5-2-6-10-15/h1-13H,(H,21,22,23). The number of nitrogens with one attached hydrogen (secondary N) is 1. The normalized spacial score (nSPS) is 11.1. The Bertz CT molecular complexity index is 1170. The van der Waals surface area contributed by atoms with Crippen LogP contribution in [0.5, 0.6) is 11.6 Å². The molecule has 0 amide bonds. The van der Waals surface area contributed by atoms with Gasteiger partial charge < -0.3 is 4.74 Å². The number of anilines is 1. The second kappa shape index (κ2) is 7.75. The number of thiazole rings is 1. The van der Waals surface area contributed by atoms with Crippen molar-refractivity contribution in [2.45, 2.75) is 5.03 Å². The van der Waals surface area contributed by atoms with E-state index in [0.29, 0.717) is 11.4 Å². The summed E-state index contributed by atoms with van der Waals surface area (Å²) in [6.45, 7) is 0. The minimum absolute atomic E-state index is 0.0864. The van der Waals surface area contributed by atoms with E-state index in [9.17, 15) is 8.42 Å². The van der Waals surface area contributed by atoms with Gasteiger partial charge in [0.05, 0.1) is 11.2 Å². The number of hydrogen-bond acceptors (Lipinski definition) is 7. The van der Waals surface area contributed by atoms with Crippen LogP contribution >= 0.6 is 11.3 Å². The molecule has 2 aromatic heterocycles. The molecule has 28 heavy (non-hydrogen) atoms. The summed E-state index contributed by atoms with van der Waals surface area (Å²) < 4.78 is 33.1. The molecule has 0 aliphatic heterocycles. The van der Waals surface area contributed by atoms with E-state index in [2.05, 4.69) is 19.7 Å². The van der Waals surface area contributed by atoms with Crippen LogP contribution < -0.4 is 9.46 Å². The number of sulfonamides is 1. The Labute approximate surface area is 165 Å². The maximum Gasteiger partial charge on any atom is 0.282 e. The lowest BCUT2D eigenvalue weighted by Gasteiger charge is -2.10. The summed E-state index contributed by atoms with van der Waals surface area (Å²) in [4.78, 5) is 12.4. The summed E-state index contributed by atoms with van der Waals surface area (Å²) in [6.07, 6.45) is 0. The quantitative estimate of drug-likeness (QED) is 0.512. The Morgan fingerprint density at radius 3 is 2.32 bits per heavy atom. The molecule has 0 aliphatic rings. The van der Waals surface area contributed by atoms with Crippen molar-refractivity contribution in [3.8, 4) is 22.9 Å². The van der Waals surface area contributed by atoms with Crippen LogP contribution in [0.15, 0.2) is 82.6 Å². The first-order valence-corrected chi connectivity index (χ1v) is 10.6. The molecule has 0 fully saturated rings. The molecule has 2 heterocycles. The van der Waals surface area contributed by atoms with E-state index >= 15 is 0 Å². The first kappa shape index (κ1) is 18.1. The Kier molecular flexibility index (Phi) is 5.00. The highest BCUT2D eigenvalue weighted by Crippen LogP contribution is 2.26. The average Bonchev–Trinajstić information content (AvgIpc) is 3.25. The van der Waals surface area contributed by atoms with E-state index in [0.717, 1.165) is 5.56 Å². The van der Waals surface area contributed by atoms with Gasteiger partial charge in [-0.05, 0) is 12.1 Å². The number of para-hydroxylation sites is 1. The van der Waals surface area contributed by atoms with E-state index in [4.69, 9.17) is 4.74 Å². The highest BCUT2D eigenvalue weighted by Gasteiger charge is 2.19. The van der Waals surface area contributed by atoms with Crippen molar-refractivity contribution >= 4 is 27.3 Å². The number of aromatic nitrogens is 3. The van der Waals surface area contributed by atoms with Crippen LogP contribution in [-0.2, 0) is 10.0 Å². The van der Waals surface area contributed by atoms with Crippen LogP contribution in [0.2, 0.25) is 0 Å². The minimum Gasteiger partial charge on any atom is -0.439 e. The molecule has 4 aromatic rings. The monoisotopic (exact) mass is 410 g/mol.